The molecule has 6 nitrogen and oxygen atoms in total. The van der Waals surface area contributed by atoms with Crippen molar-refractivity contribution in [1.82, 2.24) is 4.72 Å². The molecule has 2 rings (SSSR count). The summed E-state index contributed by atoms with van der Waals surface area (Å²) >= 11 is 0. The molecule has 0 saturated heterocycles. The van der Waals surface area contributed by atoms with Crippen molar-refractivity contribution in [2.24, 2.45) is 0 Å². The molecule has 0 aromatic heterocycles. The van der Waals surface area contributed by atoms with Crippen LogP contribution in [0.2, 0.25) is 0 Å². The number of hydrogen-bond donors (Lipinski definition) is 1. The van der Waals surface area contributed by atoms with Crippen LogP contribution in [0.15, 0.2) is 41.3 Å². The van der Waals surface area contributed by atoms with E-state index in [1.54, 1.807) is 12.1 Å². The molecular weight excluding hydrogens is 349 g/mol. The van der Waals surface area contributed by atoms with Crippen molar-refractivity contribution >= 4 is 10.0 Å². The number of sulfonamides is 1. The van der Waals surface area contributed by atoms with Crippen LogP contribution in [0, 0.1) is 5.82 Å². The lowest BCUT2D eigenvalue weighted by Crippen LogP contribution is -2.26. The van der Waals surface area contributed by atoms with Gasteiger partial charge in [0.15, 0.2) is 11.5 Å². The van der Waals surface area contributed by atoms with Gasteiger partial charge in [-0.1, -0.05) is 0 Å². The molecule has 136 valence electrons. The van der Waals surface area contributed by atoms with Gasteiger partial charge in [0.05, 0.1) is 26.2 Å². The number of hydrogen-bond acceptors (Lipinski definition) is 5. The van der Waals surface area contributed by atoms with Crippen molar-refractivity contribution in [2.45, 2.75) is 11.3 Å². The average molecular weight is 369 g/mol. The number of rotatable bonds is 8. The Bertz CT molecular complexity index is 822. The predicted octanol–water partition coefficient (Wildman–Crippen LogP) is 2.37. The van der Waals surface area contributed by atoms with Crippen LogP contribution < -0.4 is 18.9 Å². The van der Waals surface area contributed by atoms with Gasteiger partial charge in [0.25, 0.3) is 0 Å². The van der Waals surface area contributed by atoms with Gasteiger partial charge < -0.3 is 14.2 Å². The largest absolute Gasteiger partial charge is 0.497 e. The molecule has 0 unspecified atom stereocenters. The molecule has 0 atom stereocenters. The van der Waals surface area contributed by atoms with E-state index >= 15 is 0 Å². The highest BCUT2D eigenvalue weighted by atomic mass is 32.2. The molecule has 0 bridgehead atoms. The summed E-state index contributed by atoms with van der Waals surface area (Å²) in [6.45, 7) is 0.131. The monoisotopic (exact) mass is 369 g/mol. The summed E-state index contributed by atoms with van der Waals surface area (Å²) in [5.41, 5.74) is 0.737. The summed E-state index contributed by atoms with van der Waals surface area (Å²) in [4.78, 5) is 0.00378. The second-order valence-corrected chi connectivity index (χ2v) is 6.89. The number of nitrogens with one attached hydrogen (secondary N) is 1. The third-order valence-electron chi connectivity index (χ3n) is 3.58. The molecule has 0 aliphatic carbocycles. The first-order valence-corrected chi connectivity index (χ1v) is 8.93. The number of halogens is 1. The zero-order valence-electron chi connectivity index (χ0n) is 14.2. The molecule has 0 amide bonds. The maximum absolute atomic E-state index is 12.9. The van der Waals surface area contributed by atoms with E-state index in [0.717, 1.165) is 17.7 Å². The fourth-order valence-corrected chi connectivity index (χ4v) is 3.37. The van der Waals surface area contributed by atoms with Gasteiger partial charge in [-0.25, -0.2) is 17.5 Å². The summed E-state index contributed by atoms with van der Waals surface area (Å²) in [6.07, 6.45) is 0.358. The Balaban J connectivity index is 2.14. The minimum Gasteiger partial charge on any atom is -0.497 e. The van der Waals surface area contributed by atoms with Crippen LogP contribution in [-0.4, -0.2) is 36.3 Å². The fourth-order valence-electron chi connectivity index (χ4n) is 2.34. The normalized spacial score (nSPS) is 11.2. The highest BCUT2D eigenvalue weighted by Crippen LogP contribution is 2.35. The average Bonchev–Trinajstić information content (AvgIpc) is 2.61. The molecular formula is C17H20FNO5S. The molecule has 2 aromatic rings. The topological polar surface area (TPSA) is 73.9 Å². The van der Waals surface area contributed by atoms with Gasteiger partial charge in [-0.15, -0.1) is 0 Å². The first kappa shape index (κ1) is 19.0. The third-order valence-corrected chi connectivity index (χ3v) is 5.05. The molecule has 0 spiro atoms. The van der Waals surface area contributed by atoms with E-state index in [9.17, 15) is 12.8 Å². The van der Waals surface area contributed by atoms with E-state index in [0.29, 0.717) is 23.7 Å². The van der Waals surface area contributed by atoms with Crippen molar-refractivity contribution in [1.29, 1.82) is 0 Å². The Hall–Kier alpha value is -2.32. The van der Waals surface area contributed by atoms with Crippen LogP contribution in [0.1, 0.15) is 5.56 Å². The van der Waals surface area contributed by atoms with Crippen molar-refractivity contribution in [3.63, 3.8) is 0 Å². The lowest BCUT2D eigenvalue weighted by atomic mass is 10.1. The van der Waals surface area contributed by atoms with Crippen LogP contribution >= 0.6 is 0 Å². The van der Waals surface area contributed by atoms with E-state index in [1.165, 1.54) is 33.5 Å². The van der Waals surface area contributed by atoms with Gasteiger partial charge >= 0.3 is 0 Å². The van der Waals surface area contributed by atoms with Crippen LogP contribution in [-0.2, 0) is 16.4 Å². The van der Waals surface area contributed by atoms with Gasteiger partial charge in [0.1, 0.15) is 11.6 Å². The summed E-state index contributed by atoms with van der Waals surface area (Å²) in [5, 5.41) is 0. The summed E-state index contributed by atoms with van der Waals surface area (Å²) in [6, 6.07) is 8.08. The van der Waals surface area contributed by atoms with Crippen LogP contribution in [0.25, 0.3) is 0 Å². The lowest BCUT2D eigenvalue weighted by Gasteiger charge is -2.15. The fraction of sp³-hybridized carbons (Fsp3) is 0.294. The maximum atomic E-state index is 12.9. The lowest BCUT2D eigenvalue weighted by molar-refractivity contribution is 0.345. The standard InChI is InChI=1S/C17H20FNO5S/c1-22-14-10-12(17(24-3)16(11-14)23-2)8-9-19-25(20,21)15-6-4-13(18)5-7-15/h4-7,10-11,19H,8-9H2,1-3H3. The Morgan fingerprint density at radius 3 is 2.24 bits per heavy atom. The third kappa shape index (κ3) is 4.61. The number of benzene rings is 2. The molecule has 0 heterocycles. The minimum atomic E-state index is -3.72. The van der Waals surface area contributed by atoms with Gasteiger partial charge in [0, 0.05) is 18.2 Å². The quantitative estimate of drug-likeness (QED) is 0.773. The van der Waals surface area contributed by atoms with E-state index in [-0.39, 0.29) is 11.4 Å². The van der Waals surface area contributed by atoms with Gasteiger partial charge in [0.2, 0.25) is 10.0 Å². The van der Waals surface area contributed by atoms with Gasteiger partial charge in [-0.05, 0) is 36.8 Å². The molecule has 0 saturated carbocycles. The Labute approximate surface area is 146 Å². The summed E-state index contributed by atoms with van der Waals surface area (Å²) < 4.78 is 55.7. The minimum absolute atomic E-state index is 0.00378. The van der Waals surface area contributed by atoms with E-state index in [1.807, 2.05) is 0 Å². The highest BCUT2D eigenvalue weighted by Gasteiger charge is 2.16. The van der Waals surface area contributed by atoms with Crippen molar-refractivity contribution in [3.05, 3.63) is 47.8 Å². The molecule has 0 aliphatic rings. The second-order valence-electron chi connectivity index (χ2n) is 5.12. The van der Waals surface area contributed by atoms with Gasteiger partial charge in [-0.3, -0.25) is 0 Å². The van der Waals surface area contributed by atoms with Crippen molar-refractivity contribution < 1.29 is 27.0 Å². The summed E-state index contributed by atoms with van der Waals surface area (Å²) in [7, 11) is 0.835. The molecule has 1 N–H and O–H groups in total. The molecule has 25 heavy (non-hydrogen) atoms. The van der Waals surface area contributed by atoms with Gasteiger partial charge in [-0.2, -0.15) is 0 Å². The smallest absolute Gasteiger partial charge is 0.240 e. The molecule has 0 fully saturated rings. The summed E-state index contributed by atoms with van der Waals surface area (Å²) in [5.74, 6) is 1.10. The van der Waals surface area contributed by atoms with E-state index in [4.69, 9.17) is 14.2 Å². The van der Waals surface area contributed by atoms with Crippen LogP contribution in [0.4, 0.5) is 4.39 Å². The zero-order chi connectivity index (χ0) is 18.4. The Morgan fingerprint density at radius 1 is 1.00 bits per heavy atom. The van der Waals surface area contributed by atoms with Crippen LogP contribution in [0.3, 0.4) is 0 Å². The Morgan fingerprint density at radius 2 is 1.68 bits per heavy atom. The highest BCUT2D eigenvalue weighted by molar-refractivity contribution is 7.89. The van der Waals surface area contributed by atoms with Crippen molar-refractivity contribution in [3.8, 4) is 17.2 Å². The van der Waals surface area contributed by atoms with Crippen LogP contribution in [0.5, 0.6) is 17.2 Å². The predicted molar refractivity (Wildman–Crippen MR) is 91.4 cm³/mol. The zero-order valence-corrected chi connectivity index (χ0v) is 15.0. The Kier molecular flexibility index (Phi) is 6.22. The SMILES string of the molecule is COc1cc(CCNS(=O)(=O)c2ccc(F)cc2)c(OC)c(OC)c1. The number of methoxy groups -OCH3 is 3. The first-order chi connectivity index (χ1) is 11.9. The maximum Gasteiger partial charge on any atom is 0.240 e. The molecule has 0 aliphatic heterocycles. The second kappa shape index (κ2) is 8.17. The first-order valence-electron chi connectivity index (χ1n) is 7.45. The van der Waals surface area contributed by atoms with E-state index < -0.39 is 15.8 Å². The van der Waals surface area contributed by atoms with E-state index in [2.05, 4.69) is 4.72 Å². The molecule has 8 heteroatoms. The van der Waals surface area contributed by atoms with Crippen molar-refractivity contribution in [2.75, 3.05) is 27.9 Å². The molecule has 0 radical (unpaired) electrons. The molecule has 2 aromatic carbocycles. The number of ether oxygens (including phenoxy) is 3.